The molecule has 0 saturated carbocycles. The molecule has 0 aromatic heterocycles. The Bertz CT molecular complexity index is 2700. The summed E-state index contributed by atoms with van der Waals surface area (Å²) >= 11 is 0. The van der Waals surface area contributed by atoms with Gasteiger partial charge in [0, 0.05) is 17.1 Å². The van der Waals surface area contributed by atoms with Gasteiger partial charge in [-0.3, -0.25) is 0 Å². The van der Waals surface area contributed by atoms with E-state index in [0.717, 1.165) is 0 Å². The van der Waals surface area contributed by atoms with Crippen LogP contribution in [0.3, 0.4) is 0 Å². The van der Waals surface area contributed by atoms with Crippen molar-refractivity contribution in [2.24, 2.45) is 0 Å². The van der Waals surface area contributed by atoms with Crippen LogP contribution in [0.25, 0.3) is 0 Å². The van der Waals surface area contributed by atoms with E-state index in [9.17, 15) is 0 Å². The molecule has 2 heterocycles. The van der Waals surface area contributed by atoms with E-state index in [1.54, 1.807) is 0 Å². The molecule has 4 heteroatoms. The first-order valence-corrected chi connectivity index (χ1v) is 25.5. The number of rotatable bonds is 8. The van der Waals surface area contributed by atoms with Crippen LogP contribution in [-0.4, -0.2) is 14.8 Å². The van der Waals surface area contributed by atoms with Crippen LogP contribution < -0.4 is 57.9 Å². The molecule has 0 spiro atoms. The summed E-state index contributed by atoms with van der Waals surface area (Å²) in [6.45, 7) is 14.3. The third kappa shape index (κ3) is 6.40. The molecule has 2 aliphatic heterocycles. The van der Waals surface area contributed by atoms with Crippen LogP contribution in [0.4, 0.5) is 17.1 Å². The quantitative estimate of drug-likeness (QED) is 0.110. The summed E-state index contributed by atoms with van der Waals surface area (Å²) in [5, 5.41) is 10.2. The molecule has 0 aliphatic carbocycles. The fourth-order valence-corrected chi connectivity index (χ4v) is 19.5. The van der Waals surface area contributed by atoms with Gasteiger partial charge in [-0.2, -0.15) is 0 Å². The van der Waals surface area contributed by atoms with Crippen molar-refractivity contribution in [2.45, 2.75) is 59.3 Å². The maximum Gasteiger partial charge on any atom is 0.247 e. The van der Waals surface area contributed by atoms with E-state index in [-0.39, 0.29) is 6.71 Å². The second kappa shape index (κ2) is 15.9. The monoisotopic (exact) mass is 821 g/mol. The molecule has 8 aromatic rings. The summed E-state index contributed by atoms with van der Waals surface area (Å²) in [6.07, 6.45) is 0. The summed E-state index contributed by atoms with van der Waals surface area (Å²) in [5.41, 5.74) is 12.3. The summed E-state index contributed by atoms with van der Waals surface area (Å²) < 4.78 is 0. The molecule has 0 amide bonds. The van der Waals surface area contributed by atoms with Gasteiger partial charge in [0.2, 0.25) is 6.71 Å². The highest BCUT2D eigenvalue weighted by Gasteiger charge is 2.49. The standard InChI is InChI=1S/C57H53BNPSi/c1-39(2)42-37-47(40(3)4)57(48(38-42)41(5)6)58-49-25-13-15-27-51(49)59(52-28-16-14-26-50(52)58)43-33-35-44(36-34-43)60-53-29-17-19-31-55(53)61(45-21-9-7-10-22-45,46-23-11-8-12-24-46)56-32-20-18-30-54(56)60/h7-41H,1-6H3. The van der Waals surface area contributed by atoms with Gasteiger partial charge < -0.3 is 4.90 Å². The SMILES string of the molecule is CC(C)c1cc(C(C)C)c(B2c3ccccc3N(c3ccc(P4c5ccccc5[Si](c5ccccc5)(c5ccccc5)c5ccccc54)cc3)c3ccccc32)c(C(C)C)c1. The van der Waals surface area contributed by atoms with Crippen molar-refractivity contribution in [1.82, 2.24) is 0 Å². The van der Waals surface area contributed by atoms with Gasteiger partial charge in [-0.25, -0.2) is 0 Å². The molecule has 0 bridgehead atoms. The second-order valence-electron chi connectivity index (χ2n) is 17.8. The molecule has 0 radical (unpaired) electrons. The van der Waals surface area contributed by atoms with Crippen LogP contribution in [0.2, 0.25) is 0 Å². The number of benzene rings is 8. The lowest BCUT2D eigenvalue weighted by Crippen LogP contribution is -2.81. The highest BCUT2D eigenvalue weighted by Crippen LogP contribution is 2.40. The first-order valence-electron chi connectivity index (χ1n) is 22.1. The van der Waals surface area contributed by atoms with E-state index in [0.29, 0.717) is 17.8 Å². The maximum atomic E-state index is 2.52. The first kappa shape index (κ1) is 39.4. The van der Waals surface area contributed by atoms with E-state index in [1.807, 2.05) is 0 Å². The Morgan fingerprint density at radius 2 is 0.869 bits per heavy atom. The number of anilines is 3. The van der Waals surface area contributed by atoms with E-state index in [4.69, 9.17) is 0 Å². The minimum Gasteiger partial charge on any atom is -0.312 e. The van der Waals surface area contributed by atoms with Crippen LogP contribution in [0, 0.1) is 0 Å². The second-order valence-corrected chi connectivity index (χ2v) is 23.7. The highest BCUT2D eigenvalue weighted by atomic mass is 31.1. The molecule has 61 heavy (non-hydrogen) atoms. The van der Waals surface area contributed by atoms with Crippen molar-refractivity contribution < 1.29 is 0 Å². The predicted molar refractivity (Wildman–Crippen MR) is 270 cm³/mol. The molecule has 0 atom stereocenters. The smallest absolute Gasteiger partial charge is 0.247 e. The molecule has 0 unspecified atom stereocenters. The van der Waals surface area contributed by atoms with Crippen molar-refractivity contribution in [3.8, 4) is 0 Å². The molecular weight excluding hydrogens is 769 g/mol. The van der Waals surface area contributed by atoms with Crippen molar-refractivity contribution in [3.05, 3.63) is 211 Å². The van der Waals surface area contributed by atoms with Crippen molar-refractivity contribution in [2.75, 3.05) is 4.90 Å². The zero-order valence-electron chi connectivity index (χ0n) is 36.2. The minimum absolute atomic E-state index is 0.135. The zero-order valence-corrected chi connectivity index (χ0v) is 38.1. The molecule has 0 saturated heterocycles. The summed E-state index contributed by atoms with van der Waals surface area (Å²) in [7, 11) is -3.45. The number of fused-ring (bicyclic) bond motifs is 4. The molecule has 8 aromatic carbocycles. The van der Waals surface area contributed by atoms with Gasteiger partial charge in [0.05, 0.1) is 0 Å². The Labute approximate surface area is 366 Å². The van der Waals surface area contributed by atoms with Crippen molar-refractivity contribution >= 4 is 92.8 Å². The Balaban J connectivity index is 1.12. The van der Waals surface area contributed by atoms with Crippen molar-refractivity contribution in [1.29, 1.82) is 0 Å². The van der Waals surface area contributed by atoms with Crippen LogP contribution in [0.1, 0.15) is 76.0 Å². The largest absolute Gasteiger partial charge is 0.312 e. The van der Waals surface area contributed by atoms with Crippen LogP contribution >= 0.6 is 7.92 Å². The first-order chi connectivity index (χ1) is 29.8. The highest BCUT2D eigenvalue weighted by molar-refractivity contribution is 7.81. The van der Waals surface area contributed by atoms with E-state index >= 15 is 0 Å². The lowest BCUT2D eigenvalue weighted by atomic mass is 9.33. The number of hydrogen-bond acceptors (Lipinski definition) is 1. The van der Waals surface area contributed by atoms with Gasteiger partial charge in [0.25, 0.3) is 0 Å². The minimum atomic E-state index is -2.63. The predicted octanol–water partition coefficient (Wildman–Crippen LogP) is 8.81. The van der Waals surface area contributed by atoms with E-state index < -0.39 is 16.0 Å². The van der Waals surface area contributed by atoms with Gasteiger partial charge >= 0.3 is 0 Å². The van der Waals surface area contributed by atoms with Gasteiger partial charge in [0.1, 0.15) is 0 Å². The maximum absolute atomic E-state index is 2.63. The van der Waals surface area contributed by atoms with E-state index in [1.165, 1.54) is 86.8 Å². The molecular formula is C57H53BNPSi. The van der Waals surface area contributed by atoms with Gasteiger partial charge in [-0.1, -0.05) is 217 Å². The Morgan fingerprint density at radius 3 is 1.33 bits per heavy atom. The molecule has 1 nitrogen and oxygen atoms in total. The Morgan fingerprint density at radius 1 is 0.443 bits per heavy atom. The van der Waals surface area contributed by atoms with Gasteiger partial charge in [-0.05, 0) is 114 Å². The lowest BCUT2D eigenvalue weighted by Gasteiger charge is -2.43. The topological polar surface area (TPSA) is 3.24 Å². The summed E-state index contributed by atoms with van der Waals surface area (Å²) in [6, 6.07) is 74.6. The fraction of sp³-hybridized carbons (Fsp3) is 0.158. The molecule has 10 rings (SSSR count). The average molecular weight is 822 g/mol. The van der Waals surface area contributed by atoms with Crippen LogP contribution in [-0.2, 0) is 0 Å². The normalized spacial score (nSPS) is 14.2. The molecule has 0 fully saturated rings. The summed E-state index contributed by atoms with van der Waals surface area (Å²) in [4.78, 5) is 2.52. The summed E-state index contributed by atoms with van der Waals surface area (Å²) in [5.74, 6) is 1.28. The van der Waals surface area contributed by atoms with Crippen molar-refractivity contribution in [3.63, 3.8) is 0 Å². The van der Waals surface area contributed by atoms with Gasteiger partial charge in [0.15, 0.2) is 8.07 Å². The molecule has 298 valence electrons. The van der Waals surface area contributed by atoms with E-state index in [2.05, 4.69) is 241 Å². The number of hydrogen-bond donors (Lipinski definition) is 0. The number of nitrogens with zero attached hydrogens (tertiary/aromatic N) is 1. The van der Waals surface area contributed by atoms with Gasteiger partial charge in [-0.15, -0.1) is 0 Å². The Kier molecular flexibility index (Phi) is 10.3. The third-order valence-electron chi connectivity index (χ3n) is 13.3. The average Bonchev–Trinajstić information content (AvgIpc) is 3.30. The van der Waals surface area contributed by atoms with Crippen LogP contribution in [0.5, 0.6) is 0 Å². The molecule has 0 N–H and O–H groups in total. The zero-order chi connectivity index (χ0) is 41.8. The molecule has 2 aliphatic rings. The Hall–Kier alpha value is -5.73. The lowest BCUT2D eigenvalue weighted by molar-refractivity contribution is 0.812. The fourth-order valence-electron chi connectivity index (χ4n) is 10.5. The van der Waals surface area contributed by atoms with Crippen LogP contribution in [0.15, 0.2) is 194 Å². The third-order valence-corrected chi connectivity index (χ3v) is 21.2. The number of para-hydroxylation sites is 2.